The van der Waals surface area contributed by atoms with Crippen LogP contribution >= 0.6 is 11.6 Å². The van der Waals surface area contributed by atoms with E-state index in [0.717, 1.165) is 18.4 Å². The highest BCUT2D eigenvalue weighted by atomic mass is 35.5. The van der Waals surface area contributed by atoms with Crippen molar-refractivity contribution in [3.63, 3.8) is 0 Å². The van der Waals surface area contributed by atoms with Crippen molar-refractivity contribution < 1.29 is 9.59 Å². The maximum absolute atomic E-state index is 12.2. The highest BCUT2D eigenvalue weighted by Gasteiger charge is 2.38. The Morgan fingerprint density at radius 3 is 2.62 bits per heavy atom. The van der Waals surface area contributed by atoms with E-state index in [1.807, 2.05) is 24.3 Å². The molecule has 1 aromatic carbocycles. The van der Waals surface area contributed by atoms with E-state index in [1.165, 1.54) is 0 Å². The third-order valence-electron chi connectivity index (χ3n) is 3.64. The number of hydrogen-bond donors (Lipinski definition) is 2. The summed E-state index contributed by atoms with van der Waals surface area (Å²) in [6, 6.07) is 7.79. The molecule has 1 aliphatic rings. The molecule has 0 atom stereocenters. The molecule has 0 aliphatic heterocycles. The molecule has 1 saturated carbocycles. The molecule has 2 amide bonds. The smallest absolute Gasteiger partial charge is 0.235 e. The highest BCUT2D eigenvalue weighted by molar-refractivity contribution is 6.30. The number of benzene rings is 1. The van der Waals surface area contributed by atoms with Crippen LogP contribution < -0.4 is 10.6 Å². The van der Waals surface area contributed by atoms with Gasteiger partial charge in [-0.3, -0.25) is 9.59 Å². The minimum atomic E-state index is -1.04. The molecule has 5 heteroatoms. The third-order valence-corrected chi connectivity index (χ3v) is 3.87. The van der Waals surface area contributed by atoms with Gasteiger partial charge in [0.25, 0.3) is 0 Å². The number of halogens is 1. The zero-order valence-corrected chi connectivity index (χ0v) is 13.2. The normalized spacial score (nSPS) is 14.6. The van der Waals surface area contributed by atoms with Gasteiger partial charge in [-0.15, -0.1) is 0 Å². The predicted molar refractivity (Wildman–Crippen MR) is 83.1 cm³/mol. The van der Waals surface area contributed by atoms with E-state index >= 15 is 0 Å². The lowest BCUT2D eigenvalue weighted by Crippen LogP contribution is -2.48. The topological polar surface area (TPSA) is 58.2 Å². The van der Waals surface area contributed by atoms with Gasteiger partial charge in [-0.2, -0.15) is 0 Å². The Labute approximate surface area is 130 Å². The quantitative estimate of drug-likeness (QED) is 0.792. The van der Waals surface area contributed by atoms with Crippen molar-refractivity contribution in [2.45, 2.75) is 39.2 Å². The van der Waals surface area contributed by atoms with Crippen molar-refractivity contribution in [3.05, 3.63) is 34.9 Å². The van der Waals surface area contributed by atoms with E-state index in [4.69, 9.17) is 11.6 Å². The fourth-order valence-corrected chi connectivity index (χ4v) is 2.14. The number of amides is 2. The number of nitrogens with one attached hydrogen (secondary N) is 2. The maximum Gasteiger partial charge on any atom is 0.235 e. The third kappa shape index (κ3) is 4.46. The number of hydrogen-bond acceptors (Lipinski definition) is 2. The second kappa shape index (κ2) is 6.48. The lowest BCUT2D eigenvalue weighted by atomic mass is 9.91. The first-order valence-electron chi connectivity index (χ1n) is 7.23. The predicted octanol–water partition coefficient (Wildman–Crippen LogP) is 2.30. The largest absolute Gasteiger partial charge is 0.355 e. The maximum atomic E-state index is 12.2. The molecule has 2 rings (SSSR count). The molecule has 0 saturated heterocycles. The average molecular weight is 309 g/mol. The van der Waals surface area contributed by atoms with Crippen LogP contribution in [0.25, 0.3) is 0 Å². The summed E-state index contributed by atoms with van der Waals surface area (Å²) in [6.07, 6.45) is 2.71. The molecule has 0 radical (unpaired) electrons. The van der Waals surface area contributed by atoms with Gasteiger partial charge in [-0.05, 0) is 50.8 Å². The van der Waals surface area contributed by atoms with E-state index in [-0.39, 0.29) is 17.9 Å². The van der Waals surface area contributed by atoms with Crippen molar-refractivity contribution in [2.75, 3.05) is 6.54 Å². The van der Waals surface area contributed by atoms with Gasteiger partial charge in [-0.1, -0.05) is 23.7 Å². The second-order valence-corrected chi connectivity index (χ2v) is 6.44. The van der Waals surface area contributed by atoms with Crippen molar-refractivity contribution in [1.82, 2.24) is 10.6 Å². The molecule has 0 bridgehead atoms. The Hall–Kier alpha value is -1.55. The highest BCUT2D eigenvalue weighted by Crippen LogP contribution is 2.23. The SMILES string of the molecule is CC(C)(C(=O)NCCc1cccc(Cl)c1)C(=O)NC1CC1. The first kappa shape index (κ1) is 15.8. The molecule has 1 fully saturated rings. The monoisotopic (exact) mass is 308 g/mol. The Balaban J connectivity index is 1.81. The fraction of sp³-hybridized carbons (Fsp3) is 0.500. The Morgan fingerprint density at radius 1 is 1.29 bits per heavy atom. The van der Waals surface area contributed by atoms with Crippen LogP contribution in [0.5, 0.6) is 0 Å². The van der Waals surface area contributed by atoms with Gasteiger partial charge in [0.15, 0.2) is 0 Å². The van der Waals surface area contributed by atoms with Gasteiger partial charge >= 0.3 is 0 Å². The molecular formula is C16H21ClN2O2. The molecule has 0 spiro atoms. The minimum Gasteiger partial charge on any atom is -0.355 e. The van der Waals surface area contributed by atoms with Crippen molar-refractivity contribution in [2.24, 2.45) is 5.41 Å². The molecule has 0 heterocycles. The summed E-state index contributed by atoms with van der Waals surface area (Å²) in [5.41, 5.74) is 0.0136. The van der Waals surface area contributed by atoms with Crippen LogP contribution in [-0.2, 0) is 16.0 Å². The second-order valence-electron chi connectivity index (χ2n) is 6.01. The summed E-state index contributed by atoms with van der Waals surface area (Å²) >= 11 is 5.91. The van der Waals surface area contributed by atoms with Crippen LogP contribution in [0.1, 0.15) is 32.3 Å². The first-order valence-corrected chi connectivity index (χ1v) is 7.61. The molecule has 1 aliphatic carbocycles. The summed E-state index contributed by atoms with van der Waals surface area (Å²) in [7, 11) is 0. The van der Waals surface area contributed by atoms with E-state index in [0.29, 0.717) is 18.0 Å². The molecule has 114 valence electrons. The van der Waals surface area contributed by atoms with Gasteiger partial charge in [0, 0.05) is 17.6 Å². The van der Waals surface area contributed by atoms with Crippen LogP contribution in [0.15, 0.2) is 24.3 Å². The molecule has 1 aromatic rings. The summed E-state index contributed by atoms with van der Waals surface area (Å²) in [5, 5.41) is 6.38. The van der Waals surface area contributed by atoms with Gasteiger partial charge in [0.05, 0.1) is 0 Å². The Morgan fingerprint density at radius 2 is 2.00 bits per heavy atom. The number of carbonyl (C=O) groups excluding carboxylic acids is 2. The molecule has 0 aromatic heterocycles. The van der Waals surface area contributed by atoms with Crippen molar-refractivity contribution >= 4 is 23.4 Å². The molecule has 2 N–H and O–H groups in total. The van der Waals surface area contributed by atoms with E-state index in [9.17, 15) is 9.59 Å². The zero-order valence-electron chi connectivity index (χ0n) is 12.4. The van der Waals surface area contributed by atoms with Gasteiger partial charge in [-0.25, -0.2) is 0 Å². The molecule has 0 unspecified atom stereocenters. The van der Waals surface area contributed by atoms with E-state index in [2.05, 4.69) is 10.6 Å². The average Bonchev–Trinajstić information content (AvgIpc) is 3.22. The van der Waals surface area contributed by atoms with E-state index in [1.54, 1.807) is 13.8 Å². The van der Waals surface area contributed by atoms with Crippen LogP contribution in [-0.4, -0.2) is 24.4 Å². The fourth-order valence-electron chi connectivity index (χ4n) is 1.93. The number of carbonyl (C=O) groups is 2. The lowest BCUT2D eigenvalue weighted by molar-refractivity contribution is -0.141. The molecular weight excluding hydrogens is 288 g/mol. The van der Waals surface area contributed by atoms with Crippen LogP contribution in [0.4, 0.5) is 0 Å². The lowest BCUT2D eigenvalue weighted by Gasteiger charge is -2.22. The first-order chi connectivity index (χ1) is 9.89. The molecule has 4 nitrogen and oxygen atoms in total. The number of rotatable bonds is 6. The summed E-state index contributed by atoms with van der Waals surface area (Å²) in [6.45, 7) is 3.79. The van der Waals surface area contributed by atoms with Crippen molar-refractivity contribution in [3.8, 4) is 0 Å². The summed E-state index contributed by atoms with van der Waals surface area (Å²) in [4.78, 5) is 24.2. The standard InChI is InChI=1S/C16H21ClN2O2/c1-16(2,15(21)19-13-6-7-13)14(20)18-9-8-11-4-3-5-12(17)10-11/h3-5,10,13H,6-9H2,1-2H3,(H,18,20)(H,19,21). The van der Waals surface area contributed by atoms with Gasteiger partial charge in [0.1, 0.15) is 5.41 Å². The Kier molecular flexibility index (Phi) is 4.88. The minimum absolute atomic E-state index is 0.203. The van der Waals surface area contributed by atoms with Crippen LogP contribution in [0, 0.1) is 5.41 Å². The van der Waals surface area contributed by atoms with Crippen LogP contribution in [0.3, 0.4) is 0 Å². The summed E-state index contributed by atoms with van der Waals surface area (Å²) in [5.74, 6) is -0.451. The van der Waals surface area contributed by atoms with Gasteiger partial charge in [0.2, 0.25) is 11.8 Å². The van der Waals surface area contributed by atoms with Crippen molar-refractivity contribution in [1.29, 1.82) is 0 Å². The van der Waals surface area contributed by atoms with E-state index < -0.39 is 5.41 Å². The Bertz CT molecular complexity index is 539. The van der Waals surface area contributed by atoms with Gasteiger partial charge < -0.3 is 10.6 Å². The molecule has 21 heavy (non-hydrogen) atoms. The summed E-state index contributed by atoms with van der Waals surface area (Å²) < 4.78 is 0. The van der Waals surface area contributed by atoms with Crippen LogP contribution in [0.2, 0.25) is 5.02 Å². The zero-order chi connectivity index (χ0) is 15.5.